The molecule has 0 aliphatic heterocycles. The first-order valence-electron chi connectivity index (χ1n) is 6.73. The molecule has 102 valence electrons. The predicted octanol–water partition coefficient (Wildman–Crippen LogP) is 1.02. The second-order valence-electron chi connectivity index (χ2n) is 5.96. The lowest BCUT2D eigenvalue weighted by Crippen LogP contribution is -2.63. The molecule has 0 heterocycles. The Hall–Kier alpha value is -1.10. The average Bonchev–Trinajstić information content (AvgIpc) is 3.14. The number of carbonyl (C=O) groups excluding carboxylic acids is 1. The molecule has 0 aromatic heterocycles. The SMILES string of the molecule is CC(N)(C(=O)NC1(C(=O)O)CCCCC1)C1CC1. The van der Waals surface area contributed by atoms with Crippen LogP contribution in [-0.4, -0.2) is 28.1 Å². The highest BCUT2D eigenvalue weighted by atomic mass is 16.4. The number of carbonyl (C=O) groups is 2. The second kappa shape index (κ2) is 4.53. The molecule has 5 heteroatoms. The largest absolute Gasteiger partial charge is 0.480 e. The molecule has 1 unspecified atom stereocenters. The Morgan fingerprint density at radius 3 is 2.28 bits per heavy atom. The van der Waals surface area contributed by atoms with Gasteiger partial charge in [-0.3, -0.25) is 4.79 Å². The van der Waals surface area contributed by atoms with Gasteiger partial charge >= 0.3 is 5.97 Å². The molecule has 0 aromatic carbocycles. The maximum absolute atomic E-state index is 12.2. The molecular formula is C13H22N2O3. The van der Waals surface area contributed by atoms with Gasteiger partial charge in [-0.05, 0) is 38.5 Å². The van der Waals surface area contributed by atoms with Crippen molar-refractivity contribution in [1.29, 1.82) is 0 Å². The fraction of sp³-hybridized carbons (Fsp3) is 0.846. The standard InChI is InChI=1S/C13H22N2O3/c1-12(14,9-5-6-9)10(16)15-13(11(17)18)7-3-2-4-8-13/h9H,2-8,14H2,1H3,(H,15,16)(H,17,18). The van der Waals surface area contributed by atoms with E-state index in [1.165, 1.54) is 0 Å². The summed E-state index contributed by atoms with van der Waals surface area (Å²) in [4.78, 5) is 23.7. The number of rotatable bonds is 4. The summed E-state index contributed by atoms with van der Waals surface area (Å²) in [6, 6.07) is 0. The number of nitrogens with two attached hydrogens (primary N) is 1. The zero-order valence-electron chi connectivity index (χ0n) is 10.9. The van der Waals surface area contributed by atoms with Gasteiger partial charge in [-0.25, -0.2) is 4.79 Å². The number of carboxylic acid groups (broad SMARTS) is 1. The van der Waals surface area contributed by atoms with E-state index in [1.807, 2.05) is 0 Å². The van der Waals surface area contributed by atoms with Crippen molar-refractivity contribution in [2.45, 2.75) is 62.9 Å². The summed E-state index contributed by atoms with van der Waals surface area (Å²) in [6.07, 6.45) is 5.66. The zero-order chi connectivity index (χ0) is 13.4. The van der Waals surface area contributed by atoms with Crippen LogP contribution in [0.4, 0.5) is 0 Å². The van der Waals surface area contributed by atoms with Crippen molar-refractivity contribution in [3.05, 3.63) is 0 Å². The quantitative estimate of drug-likeness (QED) is 0.698. The first-order valence-corrected chi connectivity index (χ1v) is 6.73. The molecule has 1 amide bonds. The van der Waals surface area contributed by atoms with Crippen molar-refractivity contribution in [1.82, 2.24) is 5.32 Å². The minimum Gasteiger partial charge on any atom is -0.480 e. The van der Waals surface area contributed by atoms with E-state index in [-0.39, 0.29) is 11.8 Å². The number of nitrogens with one attached hydrogen (secondary N) is 1. The highest BCUT2D eigenvalue weighted by Gasteiger charge is 2.48. The van der Waals surface area contributed by atoms with E-state index in [0.29, 0.717) is 12.8 Å². The molecule has 0 bridgehead atoms. The van der Waals surface area contributed by atoms with Gasteiger partial charge in [-0.15, -0.1) is 0 Å². The highest BCUT2D eigenvalue weighted by molar-refractivity contribution is 5.92. The van der Waals surface area contributed by atoms with Gasteiger partial charge in [0.2, 0.25) is 5.91 Å². The van der Waals surface area contributed by atoms with Crippen LogP contribution in [0.1, 0.15) is 51.9 Å². The minimum atomic E-state index is -1.09. The minimum absolute atomic E-state index is 0.201. The Morgan fingerprint density at radius 2 is 1.83 bits per heavy atom. The number of hydrogen-bond donors (Lipinski definition) is 3. The molecule has 4 N–H and O–H groups in total. The Balaban J connectivity index is 2.09. The monoisotopic (exact) mass is 254 g/mol. The van der Waals surface area contributed by atoms with Gasteiger partial charge in [-0.1, -0.05) is 19.3 Å². The van der Waals surface area contributed by atoms with Crippen LogP contribution in [0.2, 0.25) is 0 Å². The average molecular weight is 254 g/mol. The maximum atomic E-state index is 12.2. The van der Waals surface area contributed by atoms with E-state index < -0.39 is 17.0 Å². The summed E-state index contributed by atoms with van der Waals surface area (Å²) in [5.74, 6) is -1.04. The van der Waals surface area contributed by atoms with Gasteiger partial charge in [0, 0.05) is 0 Å². The van der Waals surface area contributed by atoms with Gasteiger partial charge in [0.25, 0.3) is 0 Å². The molecule has 5 nitrogen and oxygen atoms in total. The van der Waals surface area contributed by atoms with Crippen molar-refractivity contribution in [3.8, 4) is 0 Å². The highest BCUT2D eigenvalue weighted by Crippen LogP contribution is 2.39. The van der Waals surface area contributed by atoms with Gasteiger partial charge in [-0.2, -0.15) is 0 Å². The lowest BCUT2D eigenvalue weighted by Gasteiger charge is -2.37. The molecule has 18 heavy (non-hydrogen) atoms. The Labute approximate surface area is 107 Å². The Bertz CT molecular complexity index is 355. The van der Waals surface area contributed by atoms with E-state index in [1.54, 1.807) is 6.92 Å². The van der Waals surface area contributed by atoms with Crippen LogP contribution in [-0.2, 0) is 9.59 Å². The zero-order valence-corrected chi connectivity index (χ0v) is 10.9. The third kappa shape index (κ3) is 2.36. The summed E-state index contributed by atoms with van der Waals surface area (Å²) in [5.41, 5.74) is 4.01. The van der Waals surface area contributed by atoms with Crippen molar-refractivity contribution in [3.63, 3.8) is 0 Å². The van der Waals surface area contributed by atoms with Crippen LogP contribution in [0.5, 0.6) is 0 Å². The Kier molecular flexibility index (Phi) is 3.36. The lowest BCUT2D eigenvalue weighted by molar-refractivity contribution is -0.150. The van der Waals surface area contributed by atoms with E-state index >= 15 is 0 Å². The summed E-state index contributed by atoms with van der Waals surface area (Å²) >= 11 is 0. The summed E-state index contributed by atoms with van der Waals surface area (Å²) in [7, 11) is 0. The summed E-state index contributed by atoms with van der Waals surface area (Å²) in [6.45, 7) is 1.71. The number of carboxylic acids is 1. The predicted molar refractivity (Wildman–Crippen MR) is 66.9 cm³/mol. The molecule has 2 aliphatic carbocycles. The van der Waals surface area contributed by atoms with Crippen LogP contribution in [0, 0.1) is 5.92 Å². The second-order valence-corrected chi connectivity index (χ2v) is 5.96. The Morgan fingerprint density at radius 1 is 1.28 bits per heavy atom. The van der Waals surface area contributed by atoms with Crippen LogP contribution < -0.4 is 11.1 Å². The number of hydrogen-bond acceptors (Lipinski definition) is 3. The summed E-state index contributed by atoms with van der Waals surface area (Å²) < 4.78 is 0. The molecule has 1 atom stereocenters. The molecule has 0 aromatic rings. The third-order valence-electron chi connectivity index (χ3n) is 4.38. The van der Waals surface area contributed by atoms with Gasteiger partial charge < -0.3 is 16.2 Å². The van der Waals surface area contributed by atoms with E-state index in [9.17, 15) is 14.7 Å². The van der Waals surface area contributed by atoms with Crippen LogP contribution in [0.25, 0.3) is 0 Å². The van der Waals surface area contributed by atoms with Gasteiger partial charge in [0.1, 0.15) is 5.54 Å². The van der Waals surface area contributed by atoms with Crippen LogP contribution in [0.3, 0.4) is 0 Å². The normalized spacial score (nSPS) is 26.1. The van der Waals surface area contributed by atoms with Crippen LogP contribution >= 0.6 is 0 Å². The lowest BCUT2D eigenvalue weighted by atomic mass is 9.80. The molecule has 2 rings (SSSR count). The van der Waals surface area contributed by atoms with Crippen molar-refractivity contribution >= 4 is 11.9 Å². The van der Waals surface area contributed by atoms with E-state index in [2.05, 4.69) is 5.32 Å². The first kappa shape index (κ1) is 13.3. The molecule has 2 saturated carbocycles. The smallest absolute Gasteiger partial charge is 0.329 e. The molecule has 0 radical (unpaired) electrons. The summed E-state index contributed by atoms with van der Waals surface area (Å²) in [5, 5.41) is 12.1. The number of amides is 1. The molecule has 2 aliphatic rings. The van der Waals surface area contributed by atoms with E-state index in [4.69, 9.17) is 5.73 Å². The van der Waals surface area contributed by atoms with Gasteiger partial charge in [0.15, 0.2) is 0 Å². The fourth-order valence-electron chi connectivity index (χ4n) is 2.77. The van der Waals surface area contributed by atoms with Gasteiger partial charge in [0.05, 0.1) is 5.54 Å². The molecule has 2 fully saturated rings. The van der Waals surface area contributed by atoms with Crippen molar-refractivity contribution < 1.29 is 14.7 Å². The number of aliphatic carboxylic acids is 1. The molecular weight excluding hydrogens is 232 g/mol. The van der Waals surface area contributed by atoms with Crippen molar-refractivity contribution in [2.24, 2.45) is 11.7 Å². The fourth-order valence-corrected chi connectivity index (χ4v) is 2.77. The maximum Gasteiger partial charge on any atom is 0.329 e. The molecule has 0 spiro atoms. The third-order valence-corrected chi connectivity index (χ3v) is 4.38. The topological polar surface area (TPSA) is 92.4 Å². The van der Waals surface area contributed by atoms with Crippen molar-refractivity contribution in [2.75, 3.05) is 0 Å². The first-order chi connectivity index (χ1) is 8.38. The van der Waals surface area contributed by atoms with E-state index in [0.717, 1.165) is 32.1 Å². The molecule has 0 saturated heterocycles. The van der Waals surface area contributed by atoms with Crippen LogP contribution in [0.15, 0.2) is 0 Å².